The van der Waals surface area contributed by atoms with E-state index in [1.165, 1.54) is 24.3 Å². The molecule has 0 radical (unpaired) electrons. The monoisotopic (exact) mass is 453 g/mol. The number of allylic oxidation sites excluding steroid dienone is 2. The third kappa shape index (κ3) is 4.01. The second-order valence-electron chi connectivity index (χ2n) is 7.98. The Bertz CT molecular complexity index is 1130. The van der Waals surface area contributed by atoms with Crippen LogP contribution in [0.15, 0.2) is 60.2 Å². The number of carbonyl (C=O) groups excluding carboxylic acids is 3. The molecule has 1 fully saturated rings. The maximum absolute atomic E-state index is 13.4. The molecular weight excluding hydrogens is 434 g/mol. The van der Waals surface area contributed by atoms with Gasteiger partial charge in [-0.1, -0.05) is 35.4 Å². The van der Waals surface area contributed by atoms with Crippen molar-refractivity contribution in [2.24, 2.45) is 11.8 Å². The zero-order valence-corrected chi connectivity index (χ0v) is 18.0. The van der Waals surface area contributed by atoms with E-state index in [0.717, 1.165) is 15.6 Å². The summed E-state index contributed by atoms with van der Waals surface area (Å²) < 4.78 is 0. The van der Waals surface area contributed by atoms with Gasteiger partial charge in [0.2, 0.25) is 0 Å². The molecule has 0 saturated carbocycles. The predicted molar refractivity (Wildman–Crippen MR) is 116 cm³/mol. The van der Waals surface area contributed by atoms with Crippen molar-refractivity contribution in [3.63, 3.8) is 0 Å². The SMILES string of the molecule is CC1=CC[C@H]2C(=O)N(N(Cc3ccc(Cl)cc3)C(=O)c3ccc([N+](=O)[O-])cc3)C(=O)[C@@H]2C1. The van der Waals surface area contributed by atoms with E-state index in [2.05, 4.69) is 0 Å². The lowest BCUT2D eigenvalue weighted by atomic mass is 9.82. The van der Waals surface area contributed by atoms with Gasteiger partial charge in [-0.15, -0.1) is 0 Å². The van der Waals surface area contributed by atoms with E-state index in [1.807, 2.05) is 13.0 Å². The van der Waals surface area contributed by atoms with Gasteiger partial charge < -0.3 is 0 Å². The molecule has 0 unspecified atom stereocenters. The molecule has 0 N–H and O–H groups in total. The number of amides is 3. The van der Waals surface area contributed by atoms with Crippen LogP contribution in [0.3, 0.4) is 0 Å². The molecule has 2 aliphatic rings. The molecule has 8 nitrogen and oxygen atoms in total. The van der Waals surface area contributed by atoms with Gasteiger partial charge in [0.15, 0.2) is 0 Å². The highest BCUT2D eigenvalue weighted by atomic mass is 35.5. The van der Waals surface area contributed by atoms with Crippen LogP contribution in [-0.4, -0.2) is 32.7 Å². The Morgan fingerprint density at radius 3 is 2.34 bits per heavy atom. The van der Waals surface area contributed by atoms with Crippen molar-refractivity contribution < 1.29 is 19.3 Å². The van der Waals surface area contributed by atoms with Crippen molar-refractivity contribution in [3.8, 4) is 0 Å². The Morgan fingerprint density at radius 2 is 1.72 bits per heavy atom. The van der Waals surface area contributed by atoms with Crippen molar-refractivity contribution in [2.75, 3.05) is 0 Å². The van der Waals surface area contributed by atoms with E-state index in [9.17, 15) is 24.5 Å². The van der Waals surface area contributed by atoms with Gasteiger partial charge in [0.05, 0.1) is 23.3 Å². The molecule has 0 bridgehead atoms. The van der Waals surface area contributed by atoms with E-state index in [0.29, 0.717) is 23.4 Å². The molecule has 9 heteroatoms. The first-order valence-electron chi connectivity index (χ1n) is 10.1. The maximum Gasteiger partial charge on any atom is 0.273 e. The van der Waals surface area contributed by atoms with Crippen molar-refractivity contribution in [1.29, 1.82) is 0 Å². The topological polar surface area (TPSA) is 101 Å². The standard InChI is InChI=1S/C23H20ClN3O5/c1-14-2-11-19-20(12-14)23(30)26(22(19)29)25(13-15-3-7-17(24)8-4-15)21(28)16-5-9-18(10-6-16)27(31)32/h2-10,19-20H,11-13H2,1H3/t19-,20-/m1/s1. The summed E-state index contributed by atoms with van der Waals surface area (Å²) in [6, 6.07) is 11.8. The molecule has 164 valence electrons. The van der Waals surface area contributed by atoms with Gasteiger partial charge in [-0.25, -0.2) is 5.01 Å². The second-order valence-corrected chi connectivity index (χ2v) is 8.42. The average molecular weight is 454 g/mol. The van der Waals surface area contributed by atoms with E-state index >= 15 is 0 Å². The molecule has 1 aliphatic carbocycles. The molecule has 0 aromatic heterocycles. The summed E-state index contributed by atoms with van der Waals surface area (Å²) in [4.78, 5) is 50.2. The first-order chi connectivity index (χ1) is 15.3. The summed E-state index contributed by atoms with van der Waals surface area (Å²) in [5, 5.41) is 13.6. The number of hydrogen-bond acceptors (Lipinski definition) is 5. The van der Waals surface area contributed by atoms with Gasteiger partial charge in [-0.2, -0.15) is 5.01 Å². The van der Waals surface area contributed by atoms with Crippen molar-refractivity contribution >= 4 is 35.0 Å². The van der Waals surface area contributed by atoms with Crippen molar-refractivity contribution in [1.82, 2.24) is 10.0 Å². The molecule has 0 spiro atoms. The summed E-state index contributed by atoms with van der Waals surface area (Å²) in [7, 11) is 0. The van der Waals surface area contributed by atoms with E-state index in [4.69, 9.17) is 11.6 Å². The predicted octanol–water partition coefficient (Wildman–Crippen LogP) is 4.15. The number of fused-ring (bicyclic) bond motifs is 1. The lowest BCUT2D eigenvalue weighted by Gasteiger charge is -2.30. The third-order valence-electron chi connectivity index (χ3n) is 5.85. The fourth-order valence-electron chi connectivity index (χ4n) is 4.13. The van der Waals surface area contributed by atoms with Crippen LogP contribution in [0.1, 0.15) is 35.7 Å². The van der Waals surface area contributed by atoms with Crippen LogP contribution >= 0.6 is 11.6 Å². The normalized spacial score (nSPS) is 20.1. The molecule has 1 saturated heterocycles. The molecular formula is C23H20ClN3O5. The van der Waals surface area contributed by atoms with E-state index < -0.39 is 34.5 Å². The maximum atomic E-state index is 13.4. The molecule has 2 aromatic rings. The van der Waals surface area contributed by atoms with Crippen LogP contribution in [-0.2, 0) is 16.1 Å². The van der Waals surface area contributed by atoms with Gasteiger partial charge in [-0.05, 0) is 49.6 Å². The van der Waals surface area contributed by atoms with Crippen LogP contribution in [0.2, 0.25) is 5.02 Å². The summed E-state index contributed by atoms with van der Waals surface area (Å²) in [5.41, 5.74) is 1.69. The molecule has 32 heavy (non-hydrogen) atoms. The van der Waals surface area contributed by atoms with E-state index in [-0.39, 0.29) is 17.8 Å². The van der Waals surface area contributed by atoms with Crippen LogP contribution in [0, 0.1) is 22.0 Å². The third-order valence-corrected chi connectivity index (χ3v) is 6.10. The number of nitro groups is 1. The Balaban J connectivity index is 1.70. The fraction of sp³-hybridized carbons (Fsp3) is 0.261. The van der Waals surface area contributed by atoms with Crippen LogP contribution in [0.25, 0.3) is 0 Å². The number of carbonyl (C=O) groups is 3. The number of hydrogen-bond donors (Lipinski definition) is 0. The molecule has 3 amide bonds. The summed E-state index contributed by atoms with van der Waals surface area (Å²) in [6.07, 6.45) is 2.89. The Hall–Kier alpha value is -3.52. The largest absolute Gasteiger partial charge is 0.273 e. The molecule has 1 heterocycles. The number of hydrazine groups is 1. The number of rotatable bonds is 5. The first kappa shape index (κ1) is 21.7. The Labute approximate surface area is 189 Å². The minimum absolute atomic E-state index is 0.0314. The quantitative estimate of drug-likeness (QED) is 0.293. The van der Waals surface area contributed by atoms with Crippen LogP contribution < -0.4 is 0 Å². The zero-order chi connectivity index (χ0) is 23.0. The minimum atomic E-state index is -0.597. The lowest BCUT2D eigenvalue weighted by molar-refractivity contribution is -0.384. The molecule has 2 aromatic carbocycles. The van der Waals surface area contributed by atoms with Gasteiger partial charge in [-0.3, -0.25) is 24.5 Å². The Kier molecular flexibility index (Phi) is 5.80. The number of nitro benzene ring substituents is 1. The van der Waals surface area contributed by atoms with E-state index in [1.54, 1.807) is 24.3 Å². The van der Waals surface area contributed by atoms with Gasteiger partial charge >= 0.3 is 0 Å². The Morgan fingerprint density at radius 1 is 1.09 bits per heavy atom. The second kappa shape index (κ2) is 8.55. The van der Waals surface area contributed by atoms with Gasteiger partial charge in [0.25, 0.3) is 23.4 Å². The van der Waals surface area contributed by atoms with Crippen LogP contribution in [0.5, 0.6) is 0 Å². The molecule has 4 rings (SSSR count). The average Bonchev–Trinajstić information content (AvgIpc) is 3.02. The van der Waals surface area contributed by atoms with Crippen molar-refractivity contribution in [2.45, 2.75) is 26.3 Å². The number of non-ortho nitro benzene ring substituents is 1. The van der Waals surface area contributed by atoms with Crippen molar-refractivity contribution in [3.05, 3.63) is 86.4 Å². The molecule has 1 aliphatic heterocycles. The number of halogens is 1. The van der Waals surface area contributed by atoms with Gasteiger partial charge in [0.1, 0.15) is 0 Å². The smallest absolute Gasteiger partial charge is 0.272 e. The van der Waals surface area contributed by atoms with Gasteiger partial charge in [0, 0.05) is 22.7 Å². The number of nitrogens with zero attached hydrogens (tertiary/aromatic N) is 3. The number of imide groups is 1. The number of benzene rings is 2. The van der Waals surface area contributed by atoms with Crippen LogP contribution in [0.4, 0.5) is 5.69 Å². The lowest BCUT2D eigenvalue weighted by Crippen LogP contribution is -2.49. The minimum Gasteiger partial charge on any atom is -0.272 e. The first-order valence-corrected chi connectivity index (χ1v) is 10.5. The summed E-state index contributed by atoms with van der Waals surface area (Å²) in [6.45, 7) is 1.89. The highest BCUT2D eigenvalue weighted by Crippen LogP contribution is 2.39. The highest BCUT2D eigenvalue weighted by molar-refractivity contribution is 6.30. The molecule has 2 atom stereocenters. The summed E-state index contributed by atoms with van der Waals surface area (Å²) in [5.74, 6) is -2.40. The fourth-order valence-corrected chi connectivity index (χ4v) is 4.25. The zero-order valence-electron chi connectivity index (χ0n) is 17.2. The highest BCUT2D eigenvalue weighted by Gasteiger charge is 2.51. The summed E-state index contributed by atoms with van der Waals surface area (Å²) >= 11 is 5.96.